The van der Waals surface area contributed by atoms with Gasteiger partial charge in [0, 0.05) is 19.6 Å². The first-order chi connectivity index (χ1) is 7.74. The lowest BCUT2D eigenvalue weighted by atomic mass is 10.3. The molecule has 0 fully saturated rings. The second-order valence-electron chi connectivity index (χ2n) is 3.36. The maximum absolute atomic E-state index is 13.1. The molecule has 0 radical (unpaired) electrons. The van der Waals surface area contributed by atoms with Crippen molar-refractivity contribution in [3.8, 4) is 0 Å². The Kier molecular flexibility index (Phi) is 2.41. The van der Waals surface area contributed by atoms with Crippen LogP contribution < -0.4 is 0 Å². The van der Waals surface area contributed by atoms with E-state index in [0.717, 1.165) is 19.6 Å². The molecule has 0 aliphatic carbocycles. The molecular formula is C12H6F2S2. The van der Waals surface area contributed by atoms with Crippen molar-refractivity contribution in [3.05, 3.63) is 48.0 Å². The number of benzene rings is 2. The van der Waals surface area contributed by atoms with Gasteiger partial charge in [-0.2, -0.15) is 0 Å². The molecule has 2 aromatic rings. The van der Waals surface area contributed by atoms with E-state index in [1.165, 1.54) is 35.7 Å². The summed E-state index contributed by atoms with van der Waals surface area (Å²) >= 11 is 2.96. The van der Waals surface area contributed by atoms with E-state index < -0.39 is 11.6 Å². The van der Waals surface area contributed by atoms with Crippen LogP contribution in [-0.2, 0) is 0 Å². The monoisotopic (exact) mass is 252 g/mol. The van der Waals surface area contributed by atoms with E-state index in [2.05, 4.69) is 0 Å². The molecule has 2 aromatic carbocycles. The Hall–Kier alpha value is -1.00. The zero-order valence-electron chi connectivity index (χ0n) is 8.04. The molecule has 1 aliphatic rings. The maximum Gasteiger partial charge on any atom is 0.160 e. The van der Waals surface area contributed by atoms with E-state index in [9.17, 15) is 8.78 Å². The van der Waals surface area contributed by atoms with Gasteiger partial charge < -0.3 is 0 Å². The predicted octanol–water partition coefficient (Wildman–Crippen LogP) is 4.58. The number of halogens is 2. The molecule has 80 valence electrons. The minimum atomic E-state index is -0.786. The molecule has 1 aliphatic heterocycles. The van der Waals surface area contributed by atoms with Crippen LogP contribution in [0.1, 0.15) is 0 Å². The summed E-state index contributed by atoms with van der Waals surface area (Å²) in [5.74, 6) is -1.57. The van der Waals surface area contributed by atoms with Gasteiger partial charge in [0.05, 0.1) is 0 Å². The van der Waals surface area contributed by atoms with Gasteiger partial charge in [0.1, 0.15) is 0 Å². The molecule has 0 N–H and O–H groups in total. The molecule has 3 rings (SSSR count). The Bertz CT molecular complexity index is 517. The van der Waals surface area contributed by atoms with Gasteiger partial charge in [-0.3, -0.25) is 0 Å². The van der Waals surface area contributed by atoms with Crippen molar-refractivity contribution < 1.29 is 8.78 Å². The zero-order valence-corrected chi connectivity index (χ0v) is 9.67. The standard InChI is InChI=1S/C12H6F2S2/c13-7-5-11-12(6-8(7)14)16-10-4-2-1-3-9(10)15-11/h1-6H. The van der Waals surface area contributed by atoms with Crippen LogP contribution in [0.25, 0.3) is 0 Å². The van der Waals surface area contributed by atoms with Crippen molar-refractivity contribution >= 4 is 23.5 Å². The second kappa shape index (κ2) is 3.79. The van der Waals surface area contributed by atoms with Crippen molar-refractivity contribution in [2.45, 2.75) is 19.6 Å². The second-order valence-corrected chi connectivity index (χ2v) is 5.53. The minimum Gasteiger partial charge on any atom is -0.204 e. The summed E-state index contributed by atoms with van der Waals surface area (Å²) in [6.45, 7) is 0. The van der Waals surface area contributed by atoms with Gasteiger partial charge in [0.25, 0.3) is 0 Å². The average molecular weight is 252 g/mol. The van der Waals surface area contributed by atoms with Crippen LogP contribution in [0.5, 0.6) is 0 Å². The van der Waals surface area contributed by atoms with Crippen molar-refractivity contribution in [1.82, 2.24) is 0 Å². The highest BCUT2D eigenvalue weighted by Crippen LogP contribution is 2.48. The smallest absolute Gasteiger partial charge is 0.160 e. The highest BCUT2D eigenvalue weighted by molar-refractivity contribution is 8.05. The van der Waals surface area contributed by atoms with Crippen LogP contribution >= 0.6 is 23.5 Å². The number of hydrogen-bond acceptors (Lipinski definition) is 2. The SMILES string of the molecule is Fc1cc2c(cc1F)Sc1ccccc1S2. The molecule has 0 amide bonds. The van der Waals surface area contributed by atoms with E-state index in [1.54, 1.807) is 0 Å². The largest absolute Gasteiger partial charge is 0.204 e. The summed E-state index contributed by atoms with van der Waals surface area (Å²) in [5.41, 5.74) is 0. The lowest BCUT2D eigenvalue weighted by Gasteiger charge is -2.17. The first-order valence-electron chi connectivity index (χ1n) is 4.68. The molecule has 4 heteroatoms. The first kappa shape index (κ1) is 10.2. The lowest BCUT2D eigenvalue weighted by Crippen LogP contribution is -1.93. The summed E-state index contributed by atoms with van der Waals surface area (Å²) in [6.07, 6.45) is 0. The third-order valence-corrected chi connectivity index (χ3v) is 4.80. The summed E-state index contributed by atoms with van der Waals surface area (Å²) in [5, 5.41) is 0. The van der Waals surface area contributed by atoms with Crippen LogP contribution in [0.3, 0.4) is 0 Å². The molecule has 0 saturated heterocycles. The predicted molar refractivity (Wildman–Crippen MR) is 61.0 cm³/mol. The molecule has 0 nitrogen and oxygen atoms in total. The van der Waals surface area contributed by atoms with Gasteiger partial charge in [-0.25, -0.2) is 8.78 Å². The zero-order chi connectivity index (χ0) is 11.1. The van der Waals surface area contributed by atoms with Gasteiger partial charge >= 0.3 is 0 Å². The Morgan fingerprint density at radius 2 is 1.12 bits per heavy atom. The van der Waals surface area contributed by atoms with Crippen molar-refractivity contribution in [1.29, 1.82) is 0 Å². The molecule has 0 aromatic heterocycles. The van der Waals surface area contributed by atoms with Gasteiger partial charge in [-0.05, 0) is 24.3 Å². The van der Waals surface area contributed by atoms with Gasteiger partial charge in [0.2, 0.25) is 0 Å². The fraction of sp³-hybridized carbons (Fsp3) is 0. The van der Waals surface area contributed by atoms with Crippen molar-refractivity contribution in [3.63, 3.8) is 0 Å². The molecule has 1 heterocycles. The highest BCUT2D eigenvalue weighted by atomic mass is 32.2. The topological polar surface area (TPSA) is 0 Å². The molecule has 0 saturated carbocycles. The Labute approximate surface area is 100 Å². The van der Waals surface area contributed by atoms with Gasteiger partial charge in [-0.15, -0.1) is 0 Å². The summed E-state index contributed by atoms with van der Waals surface area (Å²) < 4.78 is 26.2. The number of hydrogen-bond donors (Lipinski definition) is 0. The van der Waals surface area contributed by atoms with E-state index >= 15 is 0 Å². The lowest BCUT2D eigenvalue weighted by molar-refractivity contribution is 0.502. The summed E-state index contributed by atoms with van der Waals surface area (Å²) in [7, 11) is 0. The van der Waals surface area contributed by atoms with Gasteiger partial charge in [0.15, 0.2) is 11.6 Å². The van der Waals surface area contributed by atoms with E-state index in [0.29, 0.717) is 0 Å². The minimum absolute atomic E-state index is 0.780. The molecular weight excluding hydrogens is 246 g/mol. The Balaban J connectivity index is 2.12. The van der Waals surface area contributed by atoms with Crippen molar-refractivity contribution in [2.75, 3.05) is 0 Å². The fourth-order valence-corrected chi connectivity index (χ4v) is 3.77. The maximum atomic E-state index is 13.1. The van der Waals surface area contributed by atoms with Crippen LogP contribution in [0, 0.1) is 11.6 Å². The highest BCUT2D eigenvalue weighted by Gasteiger charge is 2.18. The third-order valence-electron chi connectivity index (χ3n) is 2.28. The molecule has 0 atom stereocenters. The quantitative estimate of drug-likeness (QED) is 0.574. The number of fused-ring (bicyclic) bond motifs is 2. The first-order valence-corrected chi connectivity index (χ1v) is 6.31. The van der Waals surface area contributed by atoms with Crippen LogP contribution in [0.2, 0.25) is 0 Å². The van der Waals surface area contributed by atoms with Crippen LogP contribution in [0.15, 0.2) is 56.0 Å². The molecule has 0 spiro atoms. The summed E-state index contributed by atoms with van der Waals surface area (Å²) in [4.78, 5) is 3.74. The average Bonchev–Trinajstić information content (AvgIpc) is 2.28. The van der Waals surface area contributed by atoms with Crippen LogP contribution in [0.4, 0.5) is 8.78 Å². The fourth-order valence-electron chi connectivity index (χ4n) is 1.53. The molecule has 16 heavy (non-hydrogen) atoms. The van der Waals surface area contributed by atoms with Crippen LogP contribution in [-0.4, -0.2) is 0 Å². The van der Waals surface area contributed by atoms with Crippen molar-refractivity contribution in [2.24, 2.45) is 0 Å². The van der Waals surface area contributed by atoms with E-state index in [1.807, 2.05) is 24.3 Å². The molecule has 0 unspecified atom stereocenters. The molecule has 0 bridgehead atoms. The van der Waals surface area contributed by atoms with E-state index in [-0.39, 0.29) is 0 Å². The normalized spacial score (nSPS) is 13.1. The third kappa shape index (κ3) is 1.62. The van der Waals surface area contributed by atoms with Gasteiger partial charge in [-0.1, -0.05) is 35.7 Å². The Morgan fingerprint density at radius 1 is 0.688 bits per heavy atom. The Morgan fingerprint density at radius 3 is 1.56 bits per heavy atom. The van der Waals surface area contributed by atoms with E-state index in [4.69, 9.17) is 0 Å². The number of rotatable bonds is 0. The summed E-state index contributed by atoms with van der Waals surface area (Å²) in [6, 6.07) is 10.4.